The van der Waals surface area contributed by atoms with Gasteiger partial charge in [0, 0.05) is 16.9 Å². The van der Waals surface area contributed by atoms with Crippen LogP contribution in [0, 0.1) is 0 Å². The Morgan fingerprint density at radius 2 is 2.31 bits per heavy atom. The fourth-order valence-electron chi connectivity index (χ4n) is 2.36. The predicted molar refractivity (Wildman–Crippen MR) is 65.9 cm³/mol. The molecule has 0 spiro atoms. The fourth-order valence-corrected chi connectivity index (χ4v) is 3.26. The van der Waals surface area contributed by atoms with Crippen molar-refractivity contribution in [2.75, 3.05) is 0 Å². The molecule has 0 saturated heterocycles. The molecule has 1 saturated carbocycles. The highest BCUT2D eigenvalue weighted by atomic mass is 32.1. The maximum absolute atomic E-state index is 10.8. The topological polar surface area (TPSA) is 37.3 Å². The maximum Gasteiger partial charge on any atom is 0.328 e. The number of rotatable bonds is 2. The Bertz CT molecular complexity index is 379. The minimum atomic E-state index is -0.807. The van der Waals surface area contributed by atoms with Crippen LogP contribution in [0.15, 0.2) is 29.2 Å². The van der Waals surface area contributed by atoms with Gasteiger partial charge in [-0.2, -0.15) is 0 Å². The molecule has 1 aromatic heterocycles. The molecule has 0 bridgehead atoms. The summed E-state index contributed by atoms with van der Waals surface area (Å²) in [6.07, 6.45) is 7.02. The monoisotopic (exact) mass is 236 g/mol. The van der Waals surface area contributed by atoms with Gasteiger partial charge in [0.1, 0.15) is 0 Å². The Kier molecular flexibility index (Phi) is 3.78. The summed E-state index contributed by atoms with van der Waals surface area (Å²) < 4.78 is 0. The van der Waals surface area contributed by atoms with Crippen molar-refractivity contribution in [3.63, 3.8) is 0 Å². The quantitative estimate of drug-likeness (QED) is 0.626. The van der Waals surface area contributed by atoms with Crippen molar-refractivity contribution < 1.29 is 9.90 Å². The van der Waals surface area contributed by atoms with Crippen LogP contribution in [0.4, 0.5) is 0 Å². The minimum Gasteiger partial charge on any atom is -0.478 e. The molecular formula is C13H16O2S. The van der Waals surface area contributed by atoms with E-state index in [4.69, 9.17) is 5.11 Å². The van der Waals surface area contributed by atoms with Crippen molar-refractivity contribution in [3.05, 3.63) is 34.0 Å². The summed E-state index contributed by atoms with van der Waals surface area (Å²) in [5, 5.41) is 11.0. The molecular weight excluding hydrogens is 220 g/mol. The number of aliphatic carboxylic acids is 1. The van der Waals surface area contributed by atoms with Crippen LogP contribution in [0.1, 0.15) is 42.9 Å². The van der Waals surface area contributed by atoms with Gasteiger partial charge in [0.15, 0.2) is 0 Å². The van der Waals surface area contributed by atoms with Gasteiger partial charge >= 0.3 is 5.97 Å². The molecule has 1 aliphatic rings. The summed E-state index contributed by atoms with van der Waals surface area (Å²) in [5.41, 5.74) is 1.10. The first-order valence-corrected chi connectivity index (χ1v) is 6.62. The van der Waals surface area contributed by atoms with Gasteiger partial charge < -0.3 is 5.11 Å². The Morgan fingerprint density at radius 1 is 1.44 bits per heavy atom. The Hall–Kier alpha value is -1.09. The van der Waals surface area contributed by atoms with Gasteiger partial charge in [-0.1, -0.05) is 24.5 Å². The van der Waals surface area contributed by atoms with Crippen LogP contribution in [-0.2, 0) is 4.79 Å². The highest BCUT2D eigenvalue weighted by Gasteiger charge is 2.20. The first-order chi connectivity index (χ1) is 7.77. The number of carboxylic acids is 1. The van der Waals surface area contributed by atoms with Crippen molar-refractivity contribution in [3.8, 4) is 0 Å². The number of hydrogen-bond donors (Lipinski definition) is 1. The summed E-state index contributed by atoms with van der Waals surface area (Å²) in [6.45, 7) is 0. The van der Waals surface area contributed by atoms with Crippen LogP contribution in [-0.4, -0.2) is 11.1 Å². The van der Waals surface area contributed by atoms with E-state index in [1.807, 2.05) is 6.07 Å². The Labute approximate surface area is 99.6 Å². The molecule has 2 rings (SSSR count). The molecule has 1 N–H and O–H groups in total. The maximum atomic E-state index is 10.8. The first-order valence-electron chi connectivity index (χ1n) is 5.74. The van der Waals surface area contributed by atoms with E-state index < -0.39 is 5.97 Å². The molecule has 3 heteroatoms. The summed E-state index contributed by atoms with van der Waals surface area (Å²) in [5.74, 6) is -0.461. The summed E-state index contributed by atoms with van der Waals surface area (Å²) >= 11 is 1.74. The van der Waals surface area contributed by atoms with E-state index in [0.717, 1.165) is 24.8 Å². The summed E-state index contributed by atoms with van der Waals surface area (Å²) in [6, 6.07) is 4.17. The molecule has 0 amide bonds. The van der Waals surface area contributed by atoms with Crippen molar-refractivity contribution in [2.24, 2.45) is 0 Å². The lowest BCUT2D eigenvalue weighted by atomic mass is 9.92. The molecule has 2 nitrogen and oxygen atoms in total. The van der Waals surface area contributed by atoms with E-state index in [1.165, 1.54) is 23.8 Å². The van der Waals surface area contributed by atoms with E-state index in [9.17, 15) is 4.79 Å². The van der Waals surface area contributed by atoms with E-state index in [0.29, 0.717) is 5.92 Å². The number of allylic oxidation sites excluding steroid dienone is 1. The smallest absolute Gasteiger partial charge is 0.328 e. The molecule has 86 valence electrons. The number of carboxylic acid groups (broad SMARTS) is 1. The number of hydrogen-bond acceptors (Lipinski definition) is 2. The zero-order valence-corrected chi connectivity index (χ0v) is 10.0. The SMILES string of the molecule is O=C(O)/C=C1\CCCCCC1c1cccs1. The van der Waals surface area contributed by atoms with Gasteiger partial charge in [0.25, 0.3) is 0 Å². The van der Waals surface area contributed by atoms with E-state index in [1.54, 1.807) is 11.3 Å². The molecule has 0 radical (unpaired) electrons. The second-order valence-corrected chi connectivity index (χ2v) is 5.20. The standard InChI is InChI=1S/C13H16O2S/c14-13(15)9-10-5-2-1-3-6-11(10)12-7-4-8-16-12/h4,7-9,11H,1-3,5-6H2,(H,14,15)/b10-9+. The highest BCUT2D eigenvalue weighted by molar-refractivity contribution is 7.10. The van der Waals surface area contributed by atoms with Crippen molar-refractivity contribution in [1.82, 2.24) is 0 Å². The molecule has 1 heterocycles. The molecule has 1 unspecified atom stereocenters. The highest BCUT2D eigenvalue weighted by Crippen LogP contribution is 2.37. The van der Waals surface area contributed by atoms with Crippen LogP contribution in [0.2, 0.25) is 0 Å². The molecule has 0 aromatic carbocycles. The molecule has 1 atom stereocenters. The zero-order valence-electron chi connectivity index (χ0n) is 9.19. The summed E-state index contributed by atoms with van der Waals surface area (Å²) in [7, 11) is 0. The normalized spacial score (nSPS) is 24.2. The van der Waals surface area contributed by atoms with Crippen LogP contribution in [0.25, 0.3) is 0 Å². The van der Waals surface area contributed by atoms with Crippen molar-refractivity contribution >= 4 is 17.3 Å². The zero-order chi connectivity index (χ0) is 11.4. The third-order valence-electron chi connectivity index (χ3n) is 3.10. The van der Waals surface area contributed by atoms with Gasteiger partial charge in [-0.25, -0.2) is 4.79 Å². The third-order valence-corrected chi connectivity index (χ3v) is 4.09. The molecule has 1 aliphatic carbocycles. The average molecular weight is 236 g/mol. The molecule has 1 fully saturated rings. The Balaban J connectivity index is 2.26. The van der Waals surface area contributed by atoms with Crippen LogP contribution in [0.5, 0.6) is 0 Å². The Morgan fingerprint density at radius 3 is 3.00 bits per heavy atom. The second-order valence-electron chi connectivity index (χ2n) is 4.22. The lowest BCUT2D eigenvalue weighted by molar-refractivity contribution is -0.131. The van der Waals surface area contributed by atoms with Crippen LogP contribution < -0.4 is 0 Å². The van der Waals surface area contributed by atoms with Crippen molar-refractivity contribution in [2.45, 2.75) is 38.0 Å². The lowest BCUT2D eigenvalue weighted by Gasteiger charge is -2.15. The molecule has 16 heavy (non-hydrogen) atoms. The lowest BCUT2D eigenvalue weighted by Crippen LogP contribution is -2.02. The predicted octanol–water partition coefficient (Wildman–Crippen LogP) is 3.81. The number of carbonyl (C=O) groups is 1. The molecule has 1 aromatic rings. The van der Waals surface area contributed by atoms with Crippen molar-refractivity contribution in [1.29, 1.82) is 0 Å². The number of thiophene rings is 1. The van der Waals surface area contributed by atoms with Gasteiger partial charge in [-0.15, -0.1) is 11.3 Å². The fraction of sp³-hybridized carbons (Fsp3) is 0.462. The first kappa shape index (κ1) is 11.4. The van der Waals surface area contributed by atoms with Gasteiger partial charge in [-0.05, 0) is 30.7 Å². The largest absolute Gasteiger partial charge is 0.478 e. The van der Waals surface area contributed by atoms with E-state index in [2.05, 4.69) is 11.4 Å². The van der Waals surface area contributed by atoms with Crippen LogP contribution in [0.3, 0.4) is 0 Å². The van der Waals surface area contributed by atoms with E-state index in [-0.39, 0.29) is 0 Å². The van der Waals surface area contributed by atoms with Crippen LogP contribution >= 0.6 is 11.3 Å². The third kappa shape index (κ3) is 2.73. The molecule has 0 aliphatic heterocycles. The van der Waals surface area contributed by atoms with Gasteiger partial charge in [0.2, 0.25) is 0 Å². The van der Waals surface area contributed by atoms with Gasteiger partial charge in [-0.3, -0.25) is 0 Å². The summed E-state index contributed by atoms with van der Waals surface area (Å²) in [4.78, 5) is 12.1. The second kappa shape index (κ2) is 5.30. The minimum absolute atomic E-state index is 0.346. The van der Waals surface area contributed by atoms with E-state index >= 15 is 0 Å². The van der Waals surface area contributed by atoms with Gasteiger partial charge in [0.05, 0.1) is 0 Å². The average Bonchev–Trinajstić information content (AvgIpc) is 2.66.